The lowest BCUT2D eigenvalue weighted by atomic mass is 9.95. The standard InChI is InChI=1S/C24H25F3N4OS/c1-24(2,3)13-31-12-14(11-30-33(32)15-4-5-15)17-8-19(25)18(9-21(17)31)22-16(23(26)27)6-7-29-20(22)10-28/h6-9,12,15,23,30H,4-5,11,13H2,1-3H3. The molecular weight excluding hydrogens is 449 g/mol. The van der Waals surface area contributed by atoms with E-state index in [0.29, 0.717) is 24.0 Å². The normalized spacial score (nSPS) is 15.2. The van der Waals surface area contributed by atoms with E-state index in [9.17, 15) is 18.3 Å². The summed E-state index contributed by atoms with van der Waals surface area (Å²) in [5.41, 5.74) is 0.363. The van der Waals surface area contributed by atoms with Crippen molar-refractivity contribution in [1.29, 1.82) is 5.26 Å². The molecule has 9 heteroatoms. The Labute approximate surface area is 193 Å². The van der Waals surface area contributed by atoms with Crippen molar-refractivity contribution in [3.63, 3.8) is 0 Å². The van der Waals surface area contributed by atoms with Crippen molar-refractivity contribution in [1.82, 2.24) is 14.3 Å². The molecule has 1 saturated carbocycles. The van der Waals surface area contributed by atoms with Gasteiger partial charge in [-0.25, -0.2) is 27.1 Å². The van der Waals surface area contributed by atoms with Crippen LogP contribution in [0.15, 0.2) is 30.6 Å². The van der Waals surface area contributed by atoms with Crippen molar-refractivity contribution in [2.45, 2.75) is 58.4 Å². The van der Waals surface area contributed by atoms with E-state index < -0.39 is 28.8 Å². The molecule has 1 atom stereocenters. The van der Waals surface area contributed by atoms with Crippen LogP contribution in [-0.4, -0.2) is 19.0 Å². The fraction of sp³-hybridized carbons (Fsp3) is 0.417. The van der Waals surface area contributed by atoms with E-state index in [1.165, 1.54) is 12.1 Å². The highest BCUT2D eigenvalue weighted by atomic mass is 32.2. The molecule has 1 aliphatic rings. The van der Waals surface area contributed by atoms with Crippen molar-refractivity contribution in [2.75, 3.05) is 0 Å². The number of hydrogen-bond acceptors (Lipinski definition) is 3. The molecule has 1 aliphatic carbocycles. The highest BCUT2D eigenvalue weighted by Gasteiger charge is 2.29. The quantitative estimate of drug-likeness (QED) is 0.484. The van der Waals surface area contributed by atoms with Crippen LogP contribution in [-0.2, 0) is 24.1 Å². The Bertz CT molecular complexity index is 1270. The molecule has 0 spiro atoms. The van der Waals surface area contributed by atoms with E-state index in [-0.39, 0.29) is 27.5 Å². The summed E-state index contributed by atoms with van der Waals surface area (Å²) in [4.78, 5) is 3.88. The van der Waals surface area contributed by atoms with Crippen LogP contribution < -0.4 is 4.72 Å². The van der Waals surface area contributed by atoms with Crippen LogP contribution in [0, 0.1) is 22.6 Å². The van der Waals surface area contributed by atoms with Gasteiger partial charge in [0, 0.05) is 58.3 Å². The Morgan fingerprint density at radius 2 is 2.06 bits per heavy atom. The molecule has 1 fully saturated rings. The molecule has 4 rings (SSSR count). The van der Waals surface area contributed by atoms with Gasteiger partial charge in [-0.1, -0.05) is 20.8 Å². The van der Waals surface area contributed by atoms with Crippen LogP contribution in [0.4, 0.5) is 13.2 Å². The molecule has 2 aromatic heterocycles. The van der Waals surface area contributed by atoms with Crippen LogP contribution in [0.1, 0.15) is 56.9 Å². The Kier molecular flexibility index (Phi) is 6.34. The maximum atomic E-state index is 15.4. The molecule has 2 heterocycles. The van der Waals surface area contributed by atoms with Crippen molar-refractivity contribution in [3.8, 4) is 17.2 Å². The van der Waals surface area contributed by atoms with Gasteiger partial charge in [0.2, 0.25) is 0 Å². The minimum absolute atomic E-state index is 0.0863. The molecule has 1 aromatic carbocycles. The van der Waals surface area contributed by atoms with Gasteiger partial charge < -0.3 is 4.57 Å². The number of nitriles is 1. The van der Waals surface area contributed by atoms with Gasteiger partial charge in [0.15, 0.2) is 0 Å². The first-order valence-corrected chi connectivity index (χ1v) is 11.9. The summed E-state index contributed by atoms with van der Waals surface area (Å²) in [5.74, 6) is -0.716. The maximum absolute atomic E-state index is 15.4. The third-order valence-electron chi connectivity index (χ3n) is 5.52. The Hall–Kier alpha value is -2.70. The smallest absolute Gasteiger partial charge is 0.264 e. The monoisotopic (exact) mass is 474 g/mol. The fourth-order valence-corrected chi connectivity index (χ4v) is 5.03. The molecule has 0 aliphatic heterocycles. The minimum Gasteiger partial charge on any atom is -0.347 e. The highest BCUT2D eigenvalue weighted by molar-refractivity contribution is 7.83. The summed E-state index contributed by atoms with van der Waals surface area (Å²) >= 11 is 0. The minimum atomic E-state index is -2.89. The number of nitrogens with zero attached hydrogens (tertiary/aromatic N) is 3. The number of halogens is 3. The van der Waals surface area contributed by atoms with Crippen LogP contribution >= 0.6 is 0 Å². The SMILES string of the molecule is CC(C)(C)Cn1cc(CNS(=O)C2CC2)c2cc(F)c(-c3c(C(F)F)ccnc3C#N)cc21. The van der Waals surface area contributed by atoms with Crippen molar-refractivity contribution < 1.29 is 17.4 Å². The van der Waals surface area contributed by atoms with Gasteiger partial charge in [-0.15, -0.1) is 0 Å². The van der Waals surface area contributed by atoms with Crippen LogP contribution in [0.2, 0.25) is 0 Å². The molecule has 1 N–H and O–H groups in total. The van der Waals surface area contributed by atoms with Gasteiger partial charge in [0.05, 0.1) is 11.0 Å². The van der Waals surface area contributed by atoms with Gasteiger partial charge in [0.25, 0.3) is 6.43 Å². The first kappa shape index (κ1) is 23.5. The lowest BCUT2D eigenvalue weighted by molar-refractivity contribution is 0.152. The molecule has 3 aromatic rings. The number of nitrogens with one attached hydrogen (secondary N) is 1. The zero-order valence-electron chi connectivity index (χ0n) is 18.7. The summed E-state index contributed by atoms with van der Waals surface area (Å²) in [6, 6.07) is 5.75. The molecule has 1 unspecified atom stereocenters. The number of hydrogen-bond donors (Lipinski definition) is 1. The van der Waals surface area contributed by atoms with E-state index >= 15 is 4.39 Å². The lowest BCUT2D eigenvalue weighted by Gasteiger charge is -2.20. The van der Waals surface area contributed by atoms with Crippen LogP contribution in [0.25, 0.3) is 22.0 Å². The second kappa shape index (κ2) is 8.92. The van der Waals surface area contributed by atoms with E-state index in [0.717, 1.165) is 30.7 Å². The van der Waals surface area contributed by atoms with Crippen molar-refractivity contribution in [3.05, 3.63) is 53.2 Å². The second-order valence-corrected chi connectivity index (χ2v) is 11.1. The second-order valence-electron chi connectivity index (χ2n) is 9.55. The lowest BCUT2D eigenvalue weighted by Crippen LogP contribution is -2.19. The number of aromatic nitrogens is 2. The molecule has 33 heavy (non-hydrogen) atoms. The van der Waals surface area contributed by atoms with Gasteiger partial charge >= 0.3 is 0 Å². The van der Waals surface area contributed by atoms with E-state index in [1.54, 1.807) is 0 Å². The fourth-order valence-electron chi connectivity index (χ4n) is 3.93. The van der Waals surface area contributed by atoms with E-state index in [1.807, 2.05) is 16.8 Å². The number of alkyl halides is 2. The Balaban J connectivity index is 1.87. The maximum Gasteiger partial charge on any atom is 0.264 e. The largest absolute Gasteiger partial charge is 0.347 e. The van der Waals surface area contributed by atoms with Gasteiger partial charge in [0.1, 0.15) is 17.6 Å². The summed E-state index contributed by atoms with van der Waals surface area (Å²) in [6.45, 7) is 7.09. The highest BCUT2D eigenvalue weighted by Crippen LogP contribution is 2.38. The zero-order valence-corrected chi connectivity index (χ0v) is 19.5. The number of benzene rings is 1. The average Bonchev–Trinajstić information content (AvgIpc) is 3.55. The Morgan fingerprint density at radius 3 is 2.67 bits per heavy atom. The average molecular weight is 475 g/mol. The molecule has 0 radical (unpaired) electrons. The zero-order chi connectivity index (χ0) is 23.9. The van der Waals surface area contributed by atoms with E-state index in [4.69, 9.17) is 0 Å². The van der Waals surface area contributed by atoms with Crippen LogP contribution in [0.3, 0.4) is 0 Å². The number of fused-ring (bicyclic) bond motifs is 1. The summed E-state index contributed by atoms with van der Waals surface area (Å²) in [7, 11) is -1.15. The summed E-state index contributed by atoms with van der Waals surface area (Å²) < 4.78 is 60.0. The summed E-state index contributed by atoms with van der Waals surface area (Å²) in [5, 5.41) is 10.2. The molecule has 0 saturated heterocycles. The molecule has 5 nitrogen and oxygen atoms in total. The molecule has 174 valence electrons. The summed E-state index contributed by atoms with van der Waals surface area (Å²) in [6.07, 6.45) is 2.00. The molecular formula is C24H25F3N4OS. The third kappa shape index (κ3) is 4.97. The Morgan fingerprint density at radius 1 is 1.33 bits per heavy atom. The first-order chi connectivity index (χ1) is 15.6. The third-order valence-corrected chi connectivity index (χ3v) is 7.03. The van der Waals surface area contributed by atoms with Crippen molar-refractivity contribution in [2.24, 2.45) is 5.41 Å². The van der Waals surface area contributed by atoms with Crippen LogP contribution in [0.5, 0.6) is 0 Å². The number of pyridine rings is 1. The van der Waals surface area contributed by atoms with Gasteiger partial charge in [-0.05, 0) is 42.0 Å². The van der Waals surface area contributed by atoms with Gasteiger partial charge in [-0.2, -0.15) is 5.26 Å². The van der Waals surface area contributed by atoms with Crippen molar-refractivity contribution >= 4 is 21.9 Å². The molecule has 0 amide bonds. The number of rotatable bonds is 7. The topological polar surface area (TPSA) is 70.7 Å². The molecule has 0 bridgehead atoms. The predicted molar refractivity (Wildman–Crippen MR) is 122 cm³/mol. The first-order valence-electron chi connectivity index (χ1n) is 10.7. The predicted octanol–water partition coefficient (Wildman–Crippen LogP) is 5.61. The van der Waals surface area contributed by atoms with E-state index in [2.05, 4.69) is 30.5 Å². The van der Waals surface area contributed by atoms with Gasteiger partial charge in [-0.3, -0.25) is 0 Å².